The molecule has 2 aliphatic rings. The van der Waals surface area contributed by atoms with Crippen LogP contribution in [0.25, 0.3) is 11.0 Å². The topological polar surface area (TPSA) is 101 Å². The molecular weight excluding hydrogens is 498 g/mol. The highest BCUT2D eigenvalue weighted by Crippen LogP contribution is 2.39. The molecule has 3 aromatic rings. The van der Waals surface area contributed by atoms with Gasteiger partial charge in [-0.15, -0.1) is 13.2 Å². The molecule has 0 saturated carbocycles. The lowest BCUT2D eigenvalue weighted by atomic mass is 9.79. The predicted octanol–water partition coefficient (Wildman–Crippen LogP) is 4.26. The monoisotopic (exact) mass is 521 g/mol. The first kappa shape index (κ1) is 24.8. The smallest absolute Gasteiger partial charge is 0.445 e. The van der Waals surface area contributed by atoms with Crippen molar-refractivity contribution < 1.29 is 36.6 Å². The van der Waals surface area contributed by atoms with Gasteiger partial charge in [0.15, 0.2) is 0 Å². The largest absolute Gasteiger partial charge is 0.573 e. The van der Waals surface area contributed by atoms with E-state index >= 15 is 0 Å². The zero-order valence-corrected chi connectivity index (χ0v) is 19.6. The summed E-state index contributed by atoms with van der Waals surface area (Å²) in [6.45, 7) is 1.46. The molecule has 2 aliphatic heterocycles. The highest BCUT2D eigenvalue weighted by atomic mass is 19.4. The Balaban J connectivity index is 1.19. The van der Waals surface area contributed by atoms with Gasteiger partial charge in [0.1, 0.15) is 29.2 Å². The molecule has 0 bridgehead atoms. The Labute approximate surface area is 208 Å². The van der Waals surface area contributed by atoms with E-state index in [2.05, 4.69) is 20.1 Å². The third-order valence-electron chi connectivity index (χ3n) is 6.74. The molecule has 2 aromatic carbocycles. The average Bonchev–Trinajstić information content (AvgIpc) is 3.47. The van der Waals surface area contributed by atoms with Gasteiger partial charge in [-0.05, 0) is 55.2 Å². The van der Waals surface area contributed by atoms with Crippen LogP contribution in [0.1, 0.15) is 35.2 Å². The molecule has 2 saturated heterocycles. The molecule has 196 valence electrons. The van der Waals surface area contributed by atoms with Gasteiger partial charge in [-0.25, -0.2) is 9.18 Å². The molecule has 0 radical (unpaired) electrons. The summed E-state index contributed by atoms with van der Waals surface area (Å²) >= 11 is 0. The molecule has 0 aliphatic carbocycles. The van der Waals surface area contributed by atoms with Crippen molar-refractivity contribution in [2.75, 3.05) is 26.2 Å². The van der Waals surface area contributed by atoms with Crippen LogP contribution in [-0.2, 0) is 11.3 Å². The number of alkyl halides is 3. The van der Waals surface area contributed by atoms with Crippen molar-refractivity contribution in [3.63, 3.8) is 0 Å². The lowest BCUT2D eigenvalue weighted by molar-refractivity contribution is -0.274. The number of aromatic amines is 1. The number of nitrogens with one attached hydrogen (secondary N) is 1. The van der Waals surface area contributed by atoms with Crippen LogP contribution in [0.4, 0.5) is 22.4 Å². The second kappa shape index (κ2) is 9.52. The van der Waals surface area contributed by atoms with Crippen molar-refractivity contribution in [1.29, 1.82) is 0 Å². The number of carbonyl (C=O) groups excluding carboxylic acids is 2. The third-order valence-corrected chi connectivity index (χ3v) is 6.74. The van der Waals surface area contributed by atoms with E-state index in [0.717, 1.165) is 25.0 Å². The number of benzene rings is 2. The van der Waals surface area contributed by atoms with Gasteiger partial charge < -0.3 is 19.3 Å². The van der Waals surface area contributed by atoms with Crippen molar-refractivity contribution in [2.45, 2.75) is 32.2 Å². The normalized spacial score (nSPS) is 20.0. The predicted molar refractivity (Wildman–Crippen MR) is 121 cm³/mol. The lowest BCUT2D eigenvalue weighted by Crippen LogP contribution is -2.47. The molecule has 13 heteroatoms. The molecule has 1 unspecified atom stereocenters. The number of aromatic nitrogens is 3. The van der Waals surface area contributed by atoms with E-state index in [1.54, 1.807) is 23.1 Å². The Bertz CT molecular complexity index is 1330. The highest BCUT2D eigenvalue weighted by Gasteiger charge is 2.44. The Morgan fingerprint density at radius 2 is 1.78 bits per heavy atom. The van der Waals surface area contributed by atoms with Gasteiger partial charge in [-0.1, -0.05) is 0 Å². The summed E-state index contributed by atoms with van der Waals surface area (Å²) in [6, 6.07) is 7.68. The molecule has 37 heavy (non-hydrogen) atoms. The molecule has 2 amide bonds. The number of hydrogen-bond acceptors (Lipinski definition) is 6. The van der Waals surface area contributed by atoms with Crippen LogP contribution in [0.2, 0.25) is 0 Å². The number of H-pyrrole nitrogens is 1. The van der Waals surface area contributed by atoms with Crippen LogP contribution in [0.3, 0.4) is 0 Å². The van der Waals surface area contributed by atoms with Gasteiger partial charge in [0, 0.05) is 43.2 Å². The standard InChI is InChI=1S/C24H23F4N5O4/c25-17-8-15(9-18(11-17)37-24(26,27)28)12-36-22(35)33-7-5-23(14-33)4-1-6-32(13-23)21(34)16-2-3-19-20(10-16)30-31-29-19/h2-3,8-11H,1,4-7,12-14H2,(H,29,30,31). The minimum Gasteiger partial charge on any atom is -0.445 e. The third kappa shape index (κ3) is 5.59. The van der Waals surface area contributed by atoms with Gasteiger partial charge in [-0.3, -0.25) is 4.79 Å². The number of carbonyl (C=O) groups is 2. The van der Waals surface area contributed by atoms with Crippen LogP contribution in [0, 0.1) is 11.2 Å². The van der Waals surface area contributed by atoms with Gasteiger partial charge in [0.05, 0.1) is 0 Å². The van der Waals surface area contributed by atoms with Crippen LogP contribution in [-0.4, -0.2) is 69.8 Å². The molecule has 1 aromatic heterocycles. The minimum absolute atomic E-state index is 0.0278. The van der Waals surface area contributed by atoms with Crippen LogP contribution in [0.15, 0.2) is 36.4 Å². The van der Waals surface area contributed by atoms with Gasteiger partial charge in [0.2, 0.25) is 0 Å². The number of nitrogens with zero attached hydrogens (tertiary/aromatic N) is 4. The number of amides is 2. The van der Waals surface area contributed by atoms with Crippen LogP contribution in [0.5, 0.6) is 5.75 Å². The molecule has 1 atom stereocenters. The number of ether oxygens (including phenoxy) is 2. The number of halogens is 4. The average molecular weight is 521 g/mol. The highest BCUT2D eigenvalue weighted by molar-refractivity contribution is 5.97. The summed E-state index contributed by atoms with van der Waals surface area (Å²) in [7, 11) is 0. The maximum atomic E-state index is 13.7. The van der Waals surface area contributed by atoms with Gasteiger partial charge >= 0.3 is 12.5 Å². The maximum Gasteiger partial charge on any atom is 0.573 e. The van der Waals surface area contributed by atoms with E-state index < -0.39 is 30.6 Å². The van der Waals surface area contributed by atoms with Crippen LogP contribution < -0.4 is 4.74 Å². The maximum absolute atomic E-state index is 13.7. The quantitative estimate of drug-likeness (QED) is 0.515. The molecule has 1 spiro atoms. The first-order chi connectivity index (χ1) is 17.6. The summed E-state index contributed by atoms with van der Waals surface area (Å²) < 4.78 is 60.1. The number of fused-ring (bicyclic) bond motifs is 1. The van der Waals surface area contributed by atoms with Crippen molar-refractivity contribution in [1.82, 2.24) is 25.2 Å². The van der Waals surface area contributed by atoms with E-state index in [4.69, 9.17) is 4.74 Å². The molecule has 2 fully saturated rings. The first-order valence-electron chi connectivity index (χ1n) is 11.7. The van der Waals surface area contributed by atoms with E-state index in [-0.39, 0.29) is 16.9 Å². The zero-order chi connectivity index (χ0) is 26.2. The number of likely N-dealkylation sites (tertiary alicyclic amines) is 2. The fourth-order valence-corrected chi connectivity index (χ4v) is 5.09. The van der Waals surface area contributed by atoms with E-state index in [1.807, 2.05) is 0 Å². The summed E-state index contributed by atoms with van der Waals surface area (Å²) in [4.78, 5) is 29.2. The SMILES string of the molecule is O=C(OCc1cc(F)cc(OC(F)(F)F)c1)N1CCC2(CCCN(C(=O)c3ccc4n[nH]nc4c3)C2)C1. The molecule has 3 heterocycles. The van der Waals surface area contributed by atoms with Crippen LogP contribution >= 0.6 is 0 Å². The van der Waals surface area contributed by atoms with E-state index in [9.17, 15) is 27.2 Å². The van der Waals surface area contributed by atoms with Gasteiger partial charge in [0.25, 0.3) is 5.91 Å². The van der Waals surface area contributed by atoms with Gasteiger partial charge in [-0.2, -0.15) is 15.4 Å². The number of hydrogen-bond donors (Lipinski definition) is 1. The fraction of sp³-hybridized carbons (Fsp3) is 0.417. The molecule has 1 N–H and O–H groups in total. The van der Waals surface area contributed by atoms with E-state index in [1.165, 1.54) is 4.90 Å². The first-order valence-corrected chi connectivity index (χ1v) is 11.7. The zero-order valence-electron chi connectivity index (χ0n) is 19.6. The second-order valence-electron chi connectivity index (χ2n) is 9.43. The van der Waals surface area contributed by atoms with Crippen molar-refractivity contribution in [2.24, 2.45) is 5.41 Å². The summed E-state index contributed by atoms with van der Waals surface area (Å²) in [5.41, 5.74) is 1.52. The summed E-state index contributed by atoms with van der Waals surface area (Å²) in [5.74, 6) is -1.79. The minimum atomic E-state index is -4.97. The van der Waals surface area contributed by atoms with Crippen molar-refractivity contribution in [3.05, 3.63) is 53.3 Å². The Kier molecular flexibility index (Phi) is 6.38. The number of rotatable bonds is 4. The van der Waals surface area contributed by atoms with Crippen molar-refractivity contribution >= 4 is 23.0 Å². The lowest BCUT2D eigenvalue weighted by Gasteiger charge is -2.40. The molecule has 9 nitrogen and oxygen atoms in total. The summed E-state index contributed by atoms with van der Waals surface area (Å²) in [5, 5.41) is 10.5. The van der Waals surface area contributed by atoms with Crippen molar-refractivity contribution in [3.8, 4) is 5.75 Å². The Morgan fingerprint density at radius 3 is 2.59 bits per heavy atom. The number of piperidine rings is 1. The summed E-state index contributed by atoms with van der Waals surface area (Å²) in [6.07, 6.45) is -3.32. The van der Waals surface area contributed by atoms with E-state index in [0.29, 0.717) is 55.3 Å². The fourth-order valence-electron chi connectivity index (χ4n) is 5.09. The second-order valence-corrected chi connectivity index (χ2v) is 9.43. The Hall–Kier alpha value is -3.90. The molecular formula is C24H23F4N5O4. The molecule has 5 rings (SSSR count). The Morgan fingerprint density at radius 1 is 1.00 bits per heavy atom.